The minimum atomic E-state index is -0.536. The molecule has 1 fully saturated rings. The number of nitrogens with one attached hydrogen (secondary N) is 3. The molecule has 0 aromatic carbocycles. The van der Waals surface area contributed by atoms with E-state index in [0.29, 0.717) is 67.6 Å². The van der Waals surface area contributed by atoms with Crippen LogP contribution in [0.15, 0.2) is 40.3 Å². The van der Waals surface area contributed by atoms with Crippen LogP contribution in [0.5, 0.6) is 5.88 Å². The number of nitrogens with zero attached hydrogens (tertiary/aromatic N) is 4. The molecule has 5 rings (SSSR count). The molecule has 0 radical (unpaired) electrons. The maximum Gasteiger partial charge on any atom is 0.270 e. The predicted molar refractivity (Wildman–Crippen MR) is 136 cm³/mol. The molecule has 2 aliphatic rings. The summed E-state index contributed by atoms with van der Waals surface area (Å²) in [5.74, 6) is 0.409. The van der Waals surface area contributed by atoms with Crippen LogP contribution in [0, 0.1) is 5.41 Å². The number of carbonyl (C=O) groups is 1. The Morgan fingerprint density at radius 2 is 2.17 bits per heavy atom. The van der Waals surface area contributed by atoms with Gasteiger partial charge in [0.15, 0.2) is 5.65 Å². The molecule has 190 valence electrons. The van der Waals surface area contributed by atoms with Gasteiger partial charge in [0.1, 0.15) is 10.5 Å². The van der Waals surface area contributed by atoms with Gasteiger partial charge in [-0.05, 0) is 49.3 Å². The van der Waals surface area contributed by atoms with Crippen LogP contribution in [0.1, 0.15) is 18.5 Å². The fraction of sp³-hybridized carbons (Fsp3) is 0.458. The number of piperidine rings is 1. The smallest absolute Gasteiger partial charge is 0.270 e. The van der Waals surface area contributed by atoms with E-state index in [-0.39, 0.29) is 10.7 Å². The van der Waals surface area contributed by atoms with Crippen LogP contribution in [-0.4, -0.2) is 69.1 Å². The second kappa shape index (κ2) is 10.5. The SMILES string of the molecule is COc1ccc2ncc(=O)n(CC[C@@]3(CNCc4ccc5c(n4)SC(=O)CN5)CNCC[C@H]3O)c2n1. The van der Waals surface area contributed by atoms with Crippen molar-refractivity contribution in [2.24, 2.45) is 5.41 Å². The van der Waals surface area contributed by atoms with E-state index in [9.17, 15) is 14.7 Å². The van der Waals surface area contributed by atoms with E-state index in [1.165, 1.54) is 13.3 Å². The average molecular weight is 512 g/mol. The monoisotopic (exact) mass is 511 g/mol. The Hall–Kier alpha value is -3.06. The van der Waals surface area contributed by atoms with E-state index < -0.39 is 11.5 Å². The predicted octanol–water partition coefficient (Wildman–Crippen LogP) is 0.760. The van der Waals surface area contributed by atoms with Gasteiger partial charge in [-0.3, -0.25) is 14.2 Å². The average Bonchev–Trinajstić information content (AvgIpc) is 2.89. The van der Waals surface area contributed by atoms with Crippen molar-refractivity contribution in [3.05, 3.63) is 46.5 Å². The first kappa shape index (κ1) is 24.6. The first-order valence-electron chi connectivity index (χ1n) is 11.9. The molecule has 1 saturated heterocycles. The van der Waals surface area contributed by atoms with Gasteiger partial charge in [-0.15, -0.1) is 0 Å². The highest BCUT2D eigenvalue weighted by Gasteiger charge is 2.39. The molecule has 3 aromatic heterocycles. The zero-order chi connectivity index (χ0) is 25.1. The number of hydrogen-bond acceptors (Lipinski definition) is 11. The number of aliphatic hydroxyl groups is 1. The maximum absolute atomic E-state index is 12.7. The standard InChI is InChI=1S/C24H29N7O4S/c1-35-19-5-4-16-22(30-19)31(20(33)11-27-16)9-7-24(13-25-8-6-18(24)32)14-26-10-15-2-3-17-23(29-15)36-21(34)12-28-17/h2-5,11,18,25-26,28,32H,6-10,12-14H2,1H3/t18-,24+/m1/s1. The lowest BCUT2D eigenvalue weighted by Gasteiger charge is -2.42. The molecule has 0 saturated carbocycles. The molecule has 3 aromatic rings. The molecule has 0 amide bonds. The molecule has 12 heteroatoms. The molecule has 11 nitrogen and oxygen atoms in total. The summed E-state index contributed by atoms with van der Waals surface area (Å²) >= 11 is 1.16. The van der Waals surface area contributed by atoms with Gasteiger partial charge in [0.05, 0.1) is 37.3 Å². The lowest BCUT2D eigenvalue weighted by molar-refractivity contribution is -0.109. The maximum atomic E-state index is 12.7. The highest BCUT2D eigenvalue weighted by Crippen LogP contribution is 2.32. The van der Waals surface area contributed by atoms with Crippen LogP contribution in [0.25, 0.3) is 11.2 Å². The quantitative estimate of drug-likeness (QED) is 0.340. The summed E-state index contributed by atoms with van der Waals surface area (Å²) < 4.78 is 6.84. The number of aliphatic hydroxyl groups excluding tert-OH is 1. The third kappa shape index (κ3) is 5.07. The second-order valence-corrected chi connectivity index (χ2v) is 10.2. The molecule has 0 spiro atoms. The summed E-state index contributed by atoms with van der Waals surface area (Å²) in [6.45, 7) is 3.06. The van der Waals surface area contributed by atoms with Gasteiger partial charge in [0, 0.05) is 37.7 Å². The molecule has 2 aliphatic heterocycles. The molecule has 0 aliphatic carbocycles. The summed E-state index contributed by atoms with van der Waals surface area (Å²) in [6.07, 6.45) is 1.95. The zero-order valence-electron chi connectivity index (χ0n) is 20.0. The van der Waals surface area contributed by atoms with Crippen molar-refractivity contribution in [3.63, 3.8) is 0 Å². The van der Waals surface area contributed by atoms with Gasteiger partial charge in [-0.2, -0.15) is 4.98 Å². The van der Waals surface area contributed by atoms with Crippen LogP contribution >= 0.6 is 11.8 Å². The topological polar surface area (TPSA) is 143 Å². The Morgan fingerprint density at radius 3 is 3.00 bits per heavy atom. The molecular formula is C24H29N7O4S. The number of aromatic nitrogens is 4. The third-order valence-electron chi connectivity index (χ3n) is 6.82. The van der Waals surface area contributed by atoms with E-state index >= 15 is 0 Å². The highest BCUT2D eigenvalue weighted by atomic mass is 32.2. The van der Waals surface area contributed by atoms with Crippen molar-refractivity contribution < 1.29 is 14.6 Å². The number of anilines is 1. The summed E-state index contributed by atoms with van der Waals surface area (Å²) in [4.78, 5) is 37.7. The summed E-state index contributed by atoms with van der Waals surface area (Å²) in [6, 6.07) is 7.36. The summed E-state index contributed by atoms with van der Waals surface area (Å²) in [5, 5.41) is 21.7. The van der Waals surface area contributed by atoms with Gasteiger partial charge in [0.2, 0.25) is 11.0 Å². The Balaban J connectivity index is 1.32. The second-order valence-electron chi connectivity index (χ2n) is 9.12. The van der Waals surface area contributed by atoms with Crippen molar-refractivity contribution in [2.75, 3.05) is 38.6 Å². The van der Waals surface area contributed by atoms with Crippen LogP contribution in [0.3, 0.4) is 0 Å². The first-order valence-corrected chi connectivity index (χ1v) is 12.7. The highest BCUT2D eigenvalue weighted by molar-refractivity contribution is 8.13. The van der Waals surface area contributed by atoms with Crippen LogP contribution in [-0.2, 0) is 17.9 Å². The third-order valence-corrected chi connectivity index (χ3v) is 7.70. The summed E-state index contributed by atoms with van der Waals surface area (Å²) in [7, 11) is 1.53. The fourth-order valence-electron chi connectivity index (χ4n) is 4.75. The molecule has 0 unspecified atom stereocenters. The molecule has 36 heavy (non-hydrogen) atoms. The molecule has 4 N–H and O–H groups in total. The number of methoxy groups -OCH3 is 1. The van der Waals surface area contributed by atoms with E-state index in [0.717, 1.165) is 29.7 Å². The van der Waals surface area contributed by atoms with Gasteiger partial charge in [-0.1, -0.05) is 0 Å². The normalized spacial score (nSPS) is 21.7. The lowest BCUT2D eigenvalue weighted by atomic mass is 9.75. The van der Waals surface area contributed by atoms with Gasteiger partial charge in [-0.25, -0.2) is 9.97 Å². The van der Waals surface area contributed by atoms with Crippen molar-refractivity contribution in [1.29, 1.82) is 0 Å². The Morgan fingerprint density at radius 1 is 1.28 bits per heavy atom. The number of carbonyl (C=O) groups excluding carboxylic acids is 1. The zero-order valence-corrected chi connectivity index (χ0v) is 20.8. The number of thioether (sulfide) groups is 1. The minimum absolute atomic E-state index is 0.0430. The number of ether oxygens (including phenoxy) is 1. The van der Waals surface area contributed by atoms with Gasteiger partial charge in [0.25, 0.3) is 5.56 Å². The molecule has 0 bridgehead atoms. The number of hydrogen-bond donors (Lipinski definition) is 4. The van der Waals surface area contributed by atoms with Crippen molar-refractivity contribution in [1.82, 2.24) is 30.2 Å². The van der Waals surface area contributed by atoms with Crippen LogP contribution in [0.4, 0.5) is 5.69 Å². The van der Waals surface area contributed by atoms with Gasteiger partial charge < -0.3 is 25.8 Å². The van der Waals surface area contributed by atoms with E-state index in [1.54, 1.807) is 16.7 Å². The molecule has 5 heterocycles. The van der Waals surface area contributed by atoms with E-state index in [4.69, 9.17) is 4.74 Å². The minimum Gasteiger partial charge on any atom is -0.481 e. The fourth-order valence-corrected chi connectivity index (χ4v) is 5.52. The number of rotatable bonds is 8. The van der Waals surface area contributed by atoms with Crippen molar-refractivity contribution >= 4 is 33.7 Å². The van der Waals surface area contributed by atoms with Gasteiger partial charge >= 0.3 is 0 Å². The Kier molecular flexibility index (Phi) is 7.19. The summed E-state index contributed by atoms with van der Waals surface area (Å²) in [5.41, 5.74) is 2.01. The van der Waals surface area contributed by atoms with Crippen molar-refractivity contribution in [3.8, 4) is 5.88 Å². The van der Waals surface area contributed by atoms with E-state index in [1.807, 2.05) is 12.1 Å². The molecule has 2 atom stereocenters. The first-order chi connectivity index (χ1) is 17.5. The number of aryl methyl sites for hydroxylation is 1. The largest absolute Gasteiger partial charge is 0.481 e. The van der Waals surface area contributed by atoms with Crippen LogP contribution < -0.4 is 26.2 Å². The lowest BCUT2D eigenvalue weighted by Crippen LogP contribution is -2.55. The Bertz CT molecular complexity index is 1330. The molecular weight excluding hydrogens is 482 g/mol. The van der Waals surface area contributed by atoms with E-state index in [2.05, 4.69) is 30.9 Å². The number of fused-ring (bicyclic) bond motifs is 2. The number of pyridine rings is 2. The van der Waals surface area contributed by atoms with Crippen molar-refractivity contribution in [2.45, 2.75) is 37.1 Å². The van der Waals surface area contributed by atoms with Crippen LogP contribution in [0.2, 0.25) is 0 Å². The Labute approximate surface area is 212 Å².